The van der Waals surface area contributed by atoms with Crippen molar-refractivity contribution >= 4 is 23.8 Å². The smallest absolute Gasteiger partial charge is 0.303 e. The second-order valence-electron chi connectivity index (χ2n) is 6.57. The highest BCUT2D eigenvalue weighted by Gasteiger charge is 2.51. The summed E-state index contributed by atoms with van der Waals surface area (Å²) < 4.78 is 27.4. The van der Waals surface area contributed by atoms with E-state index in [-0.39, 0.29) is 12.7 Å². The fourth-order valence-corrected chi connectivity index (χ4v) is 2.73. The summed E-state index contributed by atoms with van der Waals surface area (Å²) in [5.41, 5.74) is 0. The molecule has 0 aromatic rings. The van der Waals surface area contributed by atoms with Crippen LogP contribution in [-0.4, -0.2) is 67.2 Å². The quantitative estimate of drug-likeness (QED) is 0.454. The van der Waals surface area contributed by atoms with Gasteiger partial charge in [-0.1, -0.05) is 6.92 Å². The Kier molecular flexibility index (Phi) is 9.33. The minimum atomic E-state index is -1.12. The van der Waals surface area contributed by atoms with E-state index in [2.05, 4.69) is 5.32 Å². The molecule has 1 aliphatic rings. The van der Waals surface area contributed by atoms with Gasteiger partial charge in [-0.25, -0.2) is 0 Å². The van der Waals surface area contributed by atoms with Crippen molar-refractivity contribution in [2.24, 2.45) is 0 Å². The Hall–Kier alpha value is -2.20. The second-order valence-corrected chi connectivity index (χ2v) is 6.57. The van der Waals surface area contributed by atoms with E-state index in [0.717, 1.165) is 0 Å². The van der Waals surface area contributed by atoms with Gasteiger partial charge in [0.2, 0.25) is 5.91 Å². The van der Waals surface area contributed by atoms with Gasteiger partial charge in [0.15, 0.2) is 18.5 Å². The zero-order valence-electron chi connectivity index (χ0n) is 17.1. The van der Waals surface area contributed by atoms with Gasteiger partial charge in [0.1, 0.15) is 18.8 Å². The molecule has 10 heteroatoms. The van der Waals surface area contributed by atoms with Crippen LogP contribution in [0.3, 0.4) is 0 Å². The highest BCUT2D eigenvalue weighted by Crippen LogP contribution is 2.28. The van der Waals surface area contributed by atoms with E-state index in [1.54, 1.807) is 0 Å². The Balaban J connectivity index is 3.28. The highest BCUT2D eigenvalue weighted by molar-refractivity contribution is 5.73. The summed E-state index contributed by atoms with van der Waals surface area (Å²) in [4.78, 5) is 46.3. The van der Waals surface area contributed by atoms with Crippen molar-refractivity contribution < 1.29 is 42.9 Å². The molecular weight excluding hydrogens is 374 g/mol. The fraction of sp³-hybridized carbons (Fsp3) is 0.778. The minimum Gasteiger partial charge on any atom is -0.463 e. The molecule has 6 unspecified atom stereocenters. The van der Waals surface area contributed by atoms with Crippen molar-refractivity contribution in [3.8, 4) is 0 Å². The Morgan fingerprint density at radius 2 is 1.54 bits per heavy atom. The van der Waals surface area contributed by atoms with Crippen LogP contribution in [0.5, 0.6) is 0 Å². The van der Waals surface area contributed by atoms with E-state index in [1.165, 1.54) is 27.7 Å². The standard InChI is InChI=1S/C18H29NO9/c1-7-9(2)25-18-15(19-10(3)20)17(27-13(6)23)16(26-12(5)22)14(28-18)8-24-11(4)21/h9,14-18H,7-8H2,1-6H3,(H,19,20). The van der Waals surface area contributed by atoms with E-state index < -0.39 is 54.5 Å². The van der Waals surface area contributed by atoms with Crippen LogP contribution >= 0.6 is 0 Å². The molecule has 1 rings (SSSR count). The lowest BCUT2D eigenvalue weighted by molar-refractivity contribution is -0.286. The summed E-state index contributed by atoms with van der Waals surface area (Å²) >= 11 is 0. The number of amides is 1. The number of esters is 3. The first-order chi connectivity index (χ1) is 13.0. The third-order valence-electron chi connectivity index (χ3n) is 4.01. The van der Waals surface area contributed by atoms with E-state index >= 15 is 0 Å². The average molecular weight is 403 g/mol. The normalized spacial score (nSPS) is 28.0. The third kappa shape index (κ3) is 7.43. The number of carbonyl (C=O) groups excluding carboxylic acids is 4. The van der Waals surface area contributed by atoms with Crippen molar-refractivity contribution in [2.75, 3.05) is 6.61 Å². The van der Waals surface area contributed by atoms with Gasteiger partial charge in [-0.05, 0) is 13.3 Å². The summed E-state index contributed by atoms with van der Waals surface area (Å²) in [6.45, 7) is 8.35. The first kappa shape index (κ1) is 23.8. The number of nitrogens with one attached hydrogen (secondary N) is 1. The number of carbonyl (C=O) groups is 4. The van der Waals surface area contributed by atoms with Crippen LogP contribution in [-0.2, 0) is 42.9 Å². The van der Waals surface area contributed by atoms with Crippen LogP contribution in [0.4, 0.5) is 0 Å². The van der Waals surface area contributed by atoms with Gasteiger partial charge in [0, 0.05) is 27.7 Å². The predicted octanol–water partition coefficient (Wildman–Crippen LogP) is 0.458. The molecule has 1 fully saturated rings. The lowest BCUT2D eigenvalue weighted by Crippen LogP contribution is -2.66. The summed E-state index contributed by atoms with van der Waals surface area (Å²) in [5, 5.41) is 2.64. The molecule has 6 atom stereocenters. The van der Waals surface area contributed by atoms with Gasteiger partial charge in [0.05, 0.1) is 6.10 Å². The van der Waals surface area contributed by atoms with Crippen LogP contribution < -0.4 is 5.32 Å². The molecule has 0 bridgehead atoms. The molecule has 1 saturated heterocycles. The summed E-state index contributed by atoms with van der Waals surface area (Å²) in [6.07, 6.45) is -3.78. The number of hydrogen-bond donors (Lipinski definition) is 1. The van der Waals surface area contributed by atoms with Gasteiger partial charge in [-0.15, -0.1) is 0 Å². The SMILES string of the molecule is CCC(C)OC1OC(COC(C)=O)C(OC(C)=O)C(OC(C)=O)C1NC(C)=O. The Morgan fingerprint density at radius 1 is 0.964 bits per heavy atom. The molecule has 1 aliphatic heterocycles. The molecule has 0 aliphatic carbocycles. The van der Waals surface area contributed by atoms with E-state index in [1.807, 2.05) is 13.8 Å². The van der Waals surface area contributed by atoms with E-state index in [4.69, 9.17) is 23.7 Å². The Bertz CT molecular complexity index is 579. The summed E-state index contributed by atoms with van der Waals surface area (Å²) in [7, 11) is 0. The van der Waals surface area contributed by atoms with Gasteiger partial charge < -0.3 is 29.0 Å². The van der Waals surface area contributed by atoms with Crippen molar-refractivity contribution in [3.63, 3.8) is 0 Å². The molecule has 0 saturated carbocycles. The molecule has 0 radical (unpaired) electrons. The summed E-state index contributed by atoms with van der Waals surface area (Å²) in [6, 6.07) is -0.937. The van der Waals surface area contributed by atoms with Gasteiger partial charge in [0.25, 0.3) is 0 Å². The molecule has 10 nitrogen and oxygen atoms in total. The van der Waals surface area contributed by atoms with Gasteiger partial charge in [-0.2, -0.15) is 0 Å². The molecule has 1 amide bonds. The zero-order valence-corrected chi connectivity index (χ0v) is 17.1. The predicted molar refractivity (Wildman–Crippen MR) is 94.8 cm³/mol. The molecule has 0 aromatic heterocycles. The maximum Gasteiger partial charge on any atom is 0.303 e. The highest BCUT2D eigenvalue weighted by atomic mass is 16.7. The van der Waals surface area contributed by atoms with E-state index in [9.17, 15) is 19.2 Å². The van der Waals surface area contributed by atoms with Crippen LogP contribution in [0.2, 0.25) is 0 Å². The number of hydrogen-bond acceptors (Lipinski definition) is 9. The Morgan fingerprint density at radius 3 is 2.00 bits per heavy atom. The van der Waals surface area contributed by atoms with Crippen molar-refractivity contribution in [1.29, 1.82) is 0 Å². The van der Waals surface area contributed by atoms with Crippen LogP contribution in [0.15, 0.2) is 0 Å². The third-order valence-corrected chi connectivity index (χ3v) is 4.01. The number of rotatable bonds is 8. The first-order valence-electron chi connectivity index (χ1n) is 9.10. The summed E-state index contributed by atoms with van der Waals surface area (Å²) in [5.74, 6) is -2.27. The largest absolute Gasteiger partial charge is 0.463 e. The average Bonchev–Trinajstić information content (AvgIpc) is 2.57. The molecule has 1 heterocycles. The topological polar surface area (TPSA) is 126 Å². The van der Waals surface area contributed by atoms with Gasteiger partial charge in [-0.3, -0.25) is 19.2 Å². The molecule has 1 N–H and O–H groups in total. The molecule has 160 valence electrons. The Labute approximate surface area is 164 Å². The van der Waals surface area contributed by atoms with Crippen LogP contribution in [0, 0.1) is 0 Å². The number of ether oxygens (including phenoxy) is 5. The maximum absolute atomic E-state index is 11.7. The molecule has 0 spiro atoms. The molecule has 0 aromatic carbocycles. The monoisotopic (exact) mass is 403 g/mol. The van der Waals surface area contributed by atoms with Crippen molar-refractivity contribution in [2.45, 2.75) is 84.7 Å². The lowest BCUT2D eigenvalue weighted by atomic mass is 9.96. The van der Waals surface area contributed by atoms with Crippen LogP contribution in [0.1, 0.15) is 48.0 Å². The minimum absolute atomic E-state index is 0.237. The lowest BCUT2D eigenvalue weighted by Gasteiger charge is -2.45. The maximum atomic E-state index is 11.7. The fourth-order valence-electron chi connectivity index (χ4n) is 2.73. The van der Waals surface area contributed by atoms with Crippen LogP contribution in [0.25, 0.3) is 0 Å². The van der Waals surface area contributed by atoms with Gasteiger partial charge >= 0.3 is 17.9 Å². The van der Waals surface area contributed by atoms with Crippen molar-refractivity contribution in [1.82, 2.24) is 5.32 Å². The molecule has 28 heavy (non-hydrogen) atoms. The zero-order chi connectivity index (χ0) is 21.4. The molecular formula is C18H29NO9. The first-order valence-corrected chi connectivity index (χ1v) is 9.10. The second kappa shape index (κ2) is 11.0. The van der Waals surface area contributed by atoms with E-state index in [0.29, 0.717) is 6.42 Å². The van der Waals surface area contributed by atoms with Crippen molar-refractivity contribution in [3.05, 3.63) is 0 Å².